The van der Waals surface area contributed by atoms with Crippen LogP contribution in [0.1, 0.15) is 28.9 Å². The van der Waals surface area contributed by atoms with E-state index in [9.17, 15) is 4.79 Å². The fourth-order valence-electron chi connectivity index (χ4n) is 4.32. The van der Waals surface area contributed by atoms with Gasteiger partial charge in [0, 0.05) is 54.0 Å². The quantitative estimate of drug-likeness (QED) is 0.320. The summed E-state index contributed by atoms with van der Waals surface area (Å²) in [6.45, 7) is 1.91. The predicted molar refractivity (Wildman–Crippen MR) is 135 cm³/mol. The molecule has 8 heteroatoms. The molecule has 0 N–H and O–H groups in total. The third-order valence-electron chi connectivity index (χ3n) is 6.13. The summed E-state index contributed by atoms with van der Waals surface area (Å²) in [6.07, 6.45) is 4.85. The van der Waals surface area contributed by atoms with E-state index >= 15 is 0 Å². The second kappa shape index (κ2) is 10.2. The molecule has 6 nitrogen and oxygen atoms in total. The lowest BCUT2D eigenvalue weighted by Gasteiger charge is -2.26. The van der Waals surface area contributed by atoms with Crippen LogP contribution in [0.2, 0.25) is 5.02 Å². The van der Waals surface area contributed by atoms with Gasteiger partial charge in [-0.15, -0.1) is 11.3 Å². The van der Waals surface area contributed by atoms with Crippen LogP contribution in [0.4, 0.5) is 0 Å². The average Bonchev–Trinajstić information content (AvgIpc) is 3.60. The maximum absolute atomic E-state index is 13.5. The largest absolute Gasteiger partial charge is 0.496 e. The zero-order chi connectivity index (χ0) is 23.5. The van der Waals surface area contributed by atoms with E-state index in [1.54, 1.807) is 18.4 Å². The van der Waals surface area contributed by atoms with E-state index < -0.39 is 0 Å². The van der Waals surface area contributed by atoms with Crippen molar-refractivity contribution >= 4 is 33.8 Å². The normalized spacial score (nSPS) is 15.6. The van der Waals surface area contributed by atoms with Crippen molar-refractivity contribution in [3.05, 3.63) is 76.4 Å². The first kappa shape index (κ1) is 22.9. The van der Waals surface area contributed by atoms with Crippen molar-refractivity contribution in [1.29, 1.82) is 0 Å². The van der Waals surface area contributed by atoms with Gasteiger partial charge in [-0.2, -0.15) is 0 Å². The van der Waals surface area contributed by atoms with Crippen LogP contribution in [0.15, 0.2) is 60.1 Å². The summed E-state index contributed by atoms with van der Waals surface area (Å²) in [6, 6.07) is 15.1. The van der Waals surface area contributed by atoms with Crippen LogP contribution < -0.4 is 4.74 Å². The van der Waals surface area contributed by atoms with E-state index in [-0.39, 0.29) is 12.0 Å². The van der Waals surface area contributed by atoms with Crippen molar-refractivity contribution in [2.24, 2.45) is 0 Å². The fraction of sp³-hybridized carbons (Fsp3) is 0.308. The predicted octanol–water partition coefficient (Wildman–Crippen LogP) is 5.59. The van der Waals surface area contributed by atoms with Crippen molar-refractivity contribution < 1.29 is 14.3 Å². The highest BCUT2D eigenvalue weighted by atomic mass is 35.5. The van der Waals surface area contributed by atoms with E-state index in [4.69, 9.17) is 26.1 Å². The molecule has 176 valence electrons. The van der Waals surface area contributed by atoms with E-state index in [1.165, 1.54) is 0 Å². The molecule has 2 aromatic carbocycles. The third-order valence-corrected chi connectivity index (χ3v) is 7.27. The minimum absolute atomic E-state index is 0.0353. The Morgan fingerprint density at radius 3 is 2.85 bits per heavy atom. The standard InChI is InChI=1S/C26H26ClN3O3S/c1-32-24-7-3-2-6-22(24)25(31)29(15-21-5-4-14-33-21)13-12-20-17-34-26-28-23(16-30(20)26)18-8-10-19(27)11-9-18/h2-3,6-11,16-17,21H,4-5,12-15H2,1H3. The Hall–Kier alpha value is -2.87. The van der Waals surface area contributed by atoms with Crippen LogP contribution >= 0.6 is 22.9 Å². The van der Waals surface area contributed by atoms with Gasteiger partial charge in [0.2, 0.25) is 0 Å². The number of halogens is 1. The number of benzene rings is 2. The van der Waals surface area contributed by atoms with Crippen LogP contribution in [0.3, 0.4) is 0 Å². The number of hydrogen-bond donors (Lipinski definition) is 0. The number of rotatable bonds is 8. The summed E-state index contributed by atoms with van der Waals surface area (Å²) in [5, 5.41) is 2.82. The second-order valence-electron chi connectivity index (χ2n) is 8.35. The van der Waals surface area contributed by atoms with E-state index in [0.717, 1.165) is 41.4 Å². The summed E-state index contributed by atoms with van der Waals surface area (Å²) >= 11 is 7.64. The lowest BCUT2D eigenvalue weighted by molar-refractivity contribution is 0.0526. The molecule has 2 aromatic heterocycles. The molecule has 34 heavy (non-hydrogen) atoms. The van der Waals surface area contributed by atoms with Crippen molar-refractivity contribution in [1.82, 2.24) is 14.3 Å². The number of imidazole rings is 1. The maximum Gasteiger partial charge on any atom is 0.257 e. The molecular formula is C26H26ClN3O3S. The number of amides is 1. The molecule has 5 rings (SSSR count). The smallest absolute Gasteiger partial charge is 0.257 e. The Bertz CT molecular complexity index is 1280. The summed E-state index contributed by atoms with van der Waals surface area (Å²) < 4.78 is 13.4. The van der Waals surface area contributed by atoms with Crippen LogP contribution in [-0.2, 0) is 11.2 Å². The molecule has 1 unspecified atom stereocenters. The minimum Gasteiger partial charge on any atom is -0.496 e. The number of carbonyl (C=O) groups excluding carboxylic acids is 1. The van der Waals surface area contributed by atoms with E-state index in [0.29, 0.717) is 35.8 Å². The molecule has 0 radical (unpaired) electrons. The number of aromatic nitrogens is 2. The molecule has 0 spiro atoms. The van der Waals surface area contributed by atoms with Crippen LogP contribution in [0.5, 0.6) is 5.75 Å². The molecule has 0 aliphatic carbocycles. The summed E-state index contributed by atoms with van der Waals surface area (Å²) in [5.74, 6) is 0.553. The second-order valence-corrected chi connectivity index (χ2v) is 9.62. The number of methoxy groups -OCH3 is 1. The highest BCUT2D eigenvalue weighted by Crippen LogP contribution is 2.26. The Kier molecular flexibility index (Phi) is 6.85. The lowest BCUT2D eigenvalue weighted by Crippen LogP contribution is -2.39. The minimum atomic E-state index is -0.0353. The molecule has 1 aliphatic heterocycles. The van der Waals surface area contributed by atoms with Gasteiger partial charge in [-0.3, -0.25) is 9.20 Å². The lowest BCUT2D eigenvalue weighted by atomic mass is 10.1. The van der Waals surface area contributed by atoms with Gasteiger partial charge in [0.05, 0.1) is 24.5 Å². The molecule has 3 heterocycles. The first-order valence-corrected chi connectivity index (χ1v) is 12.6. The number of ether oxygens (including phenoxy) is 2. The zero-order valence-electron chi connectivity index (χ0n) is 18.9. The molecular weight excluding hydrogens is 470 g/mol. The average molecular weight is 496 g/mol. The van der Waals surface area contributed by atoms with Crippen molar-refractivity contribution in [3.8, 4) is 17.0 Å². The molecule has 0 bridgehead atoms. The number of nitrogens with zero attached hydrogens (tertiary/aromatic N) is 3. The Labute approximate surface area is 207 Å². The molecule has 1 aliphatic rings. The fourth-order valence-corrected chi connectivity index (χ4v) is 5.35. The Balaban J connectivity index is 1.37. The Morgan fingerprint density at radius 1 is 1.26 bits per heavy atom. The topological polar surface area (TPSA) is 56.1 Å². The maximum atomic E-state index is 13.5. The molecule has 1 amide bonds. The van der Waals surface area contributed by atoms with Gasteiger partial charge in [-0.1, -0.05) is 35.9 Å². The number of carbonyl (C=O) groups is 1. The number of fused-ring (bicyclic) bond motifs is 1. The van der Waals surface area contributed by atoms with Gasteiger partial charge in [0.1, 0.15) is 5.75 Å². The third kappa shape index (κ3) is 4.82. The first-order valence-electron chi connectivity index (χ1n) is 11.4. The van der Waals surface area contributed by atoms with Gasteiger partial charge in [0.25, 0.3) is 5.91 Å². The molecule has 0 saturated carbocycles. The van der Waals surface area contributed by atoms with Crippen LogP contribution in [-0.4, -0.2) is 53.1 Å². The molecule has 4 aromatic rings. The number of thiazole rings is 1. The Morgan fingerprint density at radius 2 is 2.09 bits per heavy atom. The summed E-state index contributed by atoms with van der Waals surface area (Å²) in [5.41, 5.74) is 3.63. The van der Waals surface area contributed by atoms with Gasteiger partial charge >= 0.3 is 0 Å². The van der Waals surface area contributed by atoms with E-state index in [1.807, 2.05) is 53.4 Å². The first-order chi connectivity index (χ1) is 16.6. The highest BCUT2D eigenvalue weighted by molar-refractivity contribution is 7.15. The summed E-state index contributed by atoms with van der Waals surface area (Å²) in [7, 11) is 1.59. The van der Waals surface area contributed by atoms with Crippen molar-refractivity contribution in [3.63, 3.8) is 0 Å². The van der Waals surface area contributed by atoms with Gasteiger partial charge in [-0.25, -0.2) is 4.98 Å². The van der Waals surface area contributed by atoms with Gasteiger partial charge in [0.15, 0.2) is 4.96 Å². The summed E-state index contributed by atoms with van der Waals surface area (Å²) in [4.78, 5) is 21.1. The van der Waals surface area contributed by atoms with Crippen LogP contribution in [0.25, 0.3) is 16.2 Å². The van der Waals surface area contributed by atoms with Gasteiger partial charge < -0.3 is 14.4 Å². The van der Waals surface area contributed by atoms with E-state index in [2.05, 4.69) is 16.0 Å². The monoisotopic (exact) mass is 495 g/mol. The number of para-hydroxylation sites is 1. The SMILES string of the molecule is COc1ccccc1C(=O)N(CCc1csc2nc(-c3ccc(Cl)cc3)cn12)CC1CCCO1. The van der Waals surface area contributed by atoms with Crippen molar-refractivity contribution in [2.75, 3.05) is 26.8 Å². The zero-order valence-corrected chi connectivity index (χ0v) is 20.5. The van der Waals surface area contributed by atoms with Crippen LogP contribution in [0, 0.1) is 0 Å². The van der Waals surface area contributed by atoms with Gasteiger partial charge in [-0.05, 0) is 37.1 Å². The van der Waals surface area contributed by atoms with Crippen molar-refractivity contribution in [2.45, 2.75) is 25.4 Å². The molecule has 1 atom stereocenters. The molecule has 1 fully saturated rings. The number of hydrogen-bond acceptors (Lipinski definition) is 5. The highest BCUT2D eigenvalue weighted by Gasteiger charge is 2.25. The molecule has 1 saturated heterocycles.